The molecule has 1 aliphatic heterocycles. The SMILES string of the molecule is COc1ccc(CNCC(O)CN2CCCC2)cc1. The van der Waals surface area contributed by atoms with Crippen LogP contribution in [0.25, 0.3) is 0 Å². The Morgan fingerprint density at radius 3 is 2.58 bits per heavy atom. The van der Waals surface area contributed by atoms with Gasteiger partial charge in [0.2, 0.25) is 0 Å². The summed E-state index contributed by atoms with van der Waals surface area (Å²) in [5.74, 6) is 0.873. The topological polar surface area (TPSA) is 44.7 Å². The van der Waals surface area contributed by atoms with Crippen molar-refractivity contribution >= 4 is 0 Å². The molecule has 0 spiro atoms. The normalized spacial score (nSPS) is 17.6. The zero-order chi connectivity index (χ0) is 13.5. The predicted octanol–water partition coefficient (Wildman–Crippen LogP) is 1.24. The lowest BCUT2D eigenvalue weighted by molar-refractivity contribution is 0.123. The van der Waals surface area contributed by atoms with Crippen LogP contribution in [0.3, 0.4) is 0 Å². The van der Waals surface area contributed by atoms with Crippen LogP contribution in [0.4, 0.5) is 0 Å². The number of rotatable bonds is 7. The summed E-state index contributed by atoms with van der Waals surface area (Å²) in [6.45, 7) is 4.48. The van der Waals surface area contributed by atoms with E-state index in [1.165, 1.54) is 18.4 Å². The molecule has 1 heterocycles. The Bertz CT molecular complexity index is 361. The highest BCUT2D eigenvalue weighted by molar-refractivity contribution is 5.26. The molecule has 106 valence electrons. The van der Waals surface area contributed by atoms with Gasteiger partial charge in [0.25, 0.3) is 0 Å². The average Bonchev–Trinajstić information content (AvgIpc) is 2.92. The van der Waals surface area contributed by atoms with Crippen LogP contribution in [0.5, 0.6) is 5.75 Å². The number of aliphatic hydroxyl groups is 1. The smallest absolute Gasteiger partial charge is 0.118 e. The Morgan fingerprint density at radius 2 is 1.95 bits per heavy atom. The summed E-state index contributed by atoms with van der Waals surface area (Å²) in [6.07, 6.45) is 2.26. The quantitative estimate of drug-likeness (QED) is 0.778. The molecular weight excluding hydrogens is 240 g/mol. The molecule has 0 saturated carbocycles. The zero-order valence-corrected chi connectivity index (χ0v) is 11.6. The van der Waals surface area contributed by atoms with Crippen molar-refractivity contribution in [2.45, 2.75) is 25.5 Å². The summed E-state index contributed by atoms with van der Waals surface area (Å²) >= 11 is 0. The largest absolute Gasteiger partial charge is 0.497 e. The molecule has 1 unspecified atom stereocenters. The van der Waals surface area contributed by atoms with Crippen molar-refractivity contribution in [3.05, 3.63) is 29.8 Å². The van der Waals surface area contributed by atoms with Gasteiger partial charge in [0, 0.05) is 19.6 Å². The molecule has 0 bridgehead atoms. The summed E-state index contributed by atoms with van der Waals surface area (Å²) in [5.41, 5.74) is 1.20. The van der Waals surface area contributed by atoms with Crippen molar-refractivity contribution in [3.63, 3.8) is 0 Å². The number of β-amino-alcohol motifs (C(OH)–C–C–N with tert-alkyl or cyclic N) is 1. The van der Waals surface area contributed by atoms with Gasteiger partial charge in [0.05, 0.1) is 13.2 Å². The van der Waals surface area contributed by atoms with Gasteiger partial charge in [-0.25, -0.2) is 0 Å². The van der Waals surface area contributed by atoms with Crippen LogP contribution in [0, 0.1) is 0 Å². The summed E-state index contributed by atoms with van der Waals surface area (Å²) in [4.78, 5) is 2.33. The Hall–Kier alpha value is -1.10. The van der Waals surface area contributed by atoms with Crippen molar-refractivity contribution in [1.29, 1.82) is 0 Å². The average molecular weight is 264 g/mol. The lowest BCUT2D eigenvalue weighted by Crippen LogP contribution is -2.36. The molecule has 2 rings (SSSR count). The molecule has 2 N–H and O–H groups in total. The van der Waals surface area contributed by atoms with E-state index in [1.807, 2.05) is 24.3 Å². The standard InChI is InChI=1S/C15H24N2O2/c1-19-15-6-4-13(5-7-15)10-16-11-14(18)12-17-8-2-3-9-17/h4-7,14,16,18H,2-3,8-12H2,1H3. The first-order valence-electron chi connectivity index (χ1n) is 7.02. The molecule has 1 saturated heterocycles. The van der Waals surface area contributed by atoms with Gasteiger partial charge in [0.15, 0.2) is 0 Å². The molecule has 0 amide bonds. The Labute approximate surface area is 115 Å². The highest BCUT2D eigenvalue weighted by atomic mass is 16.5. The van der Waals surface area contributed by atoms with Crippen LogP contribution in [0.1, 0.15) is 18.4 Å². The summed E-state index contributed by atoms with van der Waals surface area (Å²) < 4.78 is 5.12. The van der Waals surface area contributed by atoms with Gasteiger partial charge in [0.1, 0.15) is 5.75 Å². The van der Waals surface area contributed by atoms with E-state index in [2.05, 4.69) is 10.2 Å². The second kappa shape index (κ2) is 7.48. The lowest BCUT2D eigenvalue weighted by Gasteiger charge is -2.19. The minimum atomic E-state index is -0.281. The van der Waals surface area contributed by atoms with Gasteiger partial charge in [-0.05, 0) is 43.6 Å². The van der Waals surface area contributed by atoms with Gasteiger partial charge in [-0.3, -0.25) is 0 Å². The number of methoxy groups -OCH3 is 1. The van der Waals surface area contributed by atoms with E-state index < -0.39 is 0 Å². The van der Waals surface area contributed by atoms with E-state index in [-0.39, 0.29) is 6.10 Å². The number of nitrogens with one attached hydrogen (secondary N) is 1. The monoisotopic (exact) mass is 264 g/mol. The number of hydrogen-bond acceptors (Lipinski definition) is 4. The van der Waals surface area contributed by atoms with E-state index in [0.29, 0.717) is 6.54 Å². The van der Waals surface area contributed by atoms with Crippen LogP contribution in [0.15, 0.2) is 24.3 Å². The molecule has 1 aliphatic rings. The second-order valence-corrected chi connectivity index (χ2v) is 5.14. The van der Waals surface area contributed by atoms with Crippen LogP contribution in [-0.4, -0.2) is 49.4 Å². The molecule has 1 atom stereocenters. The second-order valence-electron chi connectivity index (χ2n) is 5.14. The van der Waals surface area contributed by atoms with Crippen LogP contribution in [-0.2, 0) is 6.54 Å². The van der Waals surface area contributed by atoms with Crippen LogP contribution < -0.4 is 10.1 Å². The van der Waals surface area contributed by atoms with E-state index >= 15 is 0 Å². The van der Waals surface area contributed by atoms with E-state index in [4.69, 9.17) is 4.74 Å². The van der Waals surface area contributed by atoms with Crippen molar-refractivity contribution < 1.29 is 9.84 Å². The first-order chi connectivity index (χ1) is 9.28. The number of likely N-dealkylation sites (tertiary alicyclic amines) is 1. The number of hydrogen-bond donors (Lipinski definition) is 2. The van der Waals surface area contributed by atoms with E-state index in [1.54, 1.807) is 7.11 Å². The van der Waals surface area contributed by atoms with E-state index in [0.717, 1.165) is 31.9 Å². The first-order valence-corrected chi connectivity index (χ1v) is 7.02. The fourth-order valence-electron chi connectivity index (χ4n) is 2.45. The minimum absolute atomic E-state index is 0.281. The fourth-order valence-corrected chi connectivity index (χ4v) is 2.45. The van der Waals surface area contributed by atoms with Gasteiger partial charge in [-0.2, -0.15) is 0 Å². The molecule has 19 heavy (non-hydrogen) atoms. The molecule has 0 aromatic heterocycles. The van der Waals surface area contributed by atoms with E-state index in [9.17, 15) is 5.11 Å². The van der Waals surface area contributed by atoms with Crippen molar-refractivity contribution in [2.24, 2.45) is 0 Å². The summed E-state index contributed by atoms with van der Waals surface area (Å²) in [6, 6.07) is 7.99. The van der Waals surface area contributed by atoms with Crippen LogP contribution >= 0.6 is 0 Å². The maximum atomic E-state index is 9.95. The summed E-state index contributed by atoms with van der Waals surface area (Å²) in [5, 5.41) is 13.2. The molecule has 1 aromatic rings. The molecule has 1 fully saturated rings. The van der Waals surface area contributed by atoms with Crippen LogP contribution in [0.2, 0.25) is 0 Å². The third kappa shape index (κ3) is 4.82. The highest BCUT2D eigenvalue weighted by Crippen LogP contribution is 2.11. The number of nitrogens with zero attached hydrogens (tertiary/aromatic N) is 1. The third-order valence-corrected chi connectivity index (χ3v) is 3.54. The van der Waals surface area contributed by atoms with Crippen molar-refractivity contribution in [2.75, 3.05) is 33.3 Å². The third-order valence-electron chi connectivity index (χ3n) is 3.54. The summed E-state index contributed by atoms with van der Waals surface area (Å²) in [7, 11) is 1.67. The fraction of sp³-hybridized carbons (Fsp3) is 0.600. The number of aliphatic hydroxyl groups excluding tert-OH is 1. The van der Waals surface area contributed by atoms with Gasteiger partial charge in [-0.1, -0.05) is 12.1 Å². The molecule has 4 heteroatoms. The number of benzene rings is 1. The lowest BCUT2D eigenvalue weighted by atomic mass is 10.2. The molecule has 4 nitrogen and oxygen atoms in total. The molecule has 1 aromatic carbocycles. The van der Waals surface area contributed by atoms with Crippen molar-refractivity contribution in [1.82, 2.24) is 10.2 Å². The van der Waals surface area contributed by atoms with Crippen molar-refractivity contribution in [3.8, 4) is 5.75 Å². The first kappa shape index (κ1) is 14.3. The van der Waals surface area contributed by atoms with Gasteiger partial charge < -0.3 is 20.1 Å². The molecular formula is C15H24N2O2. The zero-order valence-electron chi connectivity index (χ0n) is 11.6. The Balaban J connectivity index is 1.64. The maximum Gasteiger partial charge on any atom is 0.118 e. The number of ether oxygens (including phenoxy) is 1. The molecule has 0 radical (unpaired) electrons. The highest BCUT2D eigenvalue weighted by Gasteiger charge is 2.15. The maximum absolute atomic E-state index is 9.95. The van der Waals surface area contributed by atoms with Gasteiger partial charge >= 0.3 is 0 Å². The van der Waals surface area contributed by atoms with Gasteiger partial charge in [-0.15, -0.1) is 0 Å². The minimum Gasteiger partial charge on any atom is -0.497 e. The Morgan fingerprint density at radius 1 is 1.26 bits per heavy atom. The Kier molecular flexibility index (Phi) is 5.63. The predicted molar refractivity (Wildman–Crippen MR) is 76.4 cm³/mol. The molecule has 0 aliphatic carbocycles.